The molecule has 0 spiro atoms. The number of nitrogens with one attached hydrogen (secondary N) is 1. The second-order valence-corrected chi connectivity index (χ2v) is 6.26. The summed E-state index contributed by atoms with van der Waals surface area (Å²) < 4.78 is 6.78. The topological polar surface area (TPSA) is 21.3 Å². The van der Waals surface area contributed by atoms with Crippen LogP contribution in [0.2, 0.25) is 10.0 Å². The van der Waals surface area contributed by atoms with Crippen molar-refractivity contribution in [3.8, 4) is 5.75 Å². The Bertz CT molecular complexity index is 619. The van der Waals surface area contributed by atoms with Crippen LogP contribution in [0.25, 0.3) is 0 Å². The van der Waals surface area contributed by atoms with Crippen LogP contribution in [-0.2, 0) is 6.54 Å². The Hall–Kier alpha value is -0.900. The first-order chi connectivity index (χ1) is 10.1. The molecule has 0 saturated carbocycles. The summed E-state index contributed by atoms with van der Waals surface area (Å²) in [5.41, 5.74) is 1.87. The average Bonchev–Trinajstić information content (AvgIpc) is 2.48. The van der Waals surface area contributed by atoms with Gasteiger partial charge in [-0.3, -0.25) is 0 Å². The second kappa shape index (κ2) is 7.92. The number of hydrogen-bond donors (Lipinski definition) is 1. The van der Waals surface area contributed by atoms with Gasteiger partial charge >= 0.3 is 0 Å². The van der Waals surface area contributed by atoms with Crippen molar-refractivity contribution in [1.82, 2.24) is 0 Å². The number of ether oxygens (including phenoxy) is 1. The summed E-state index contributed by atoms with van der Waals surface area (Å²) in [5.74, 6) is 0.880. The number of halogens is 3. The first-order valence-electron chi connectivity index (χ1n) is 6.71. The fourth-order valence-electron chi connectivity index (χ4n) is 1.87. The molecule has 0 saturated heterocycles. The van der Waals surface area contributed by atoms with Gasteiger partial charge in [0, 0.05) is 16.6 Å². The number of anilines is 1. The summed E-state index contributed by atoms with van der Waals surface area (Å²) in [7, 11) is 0. The standard InChI is InChI=1S/C16H16BrCl2NO/c1-2-8-21-15-7-6-12(17)9-11(15)10-20-14-5-3-4-13(18)16(14)19/h3-7,9,20H,2,8,10H2,1H3. The zero-order chi connectivity index (χ0) is 15.2. The molecule has 112 valence electrons. The van der Waals surface area contributed by atoms with E-state index in [0.717, 1.165) is 27.9 Å². The van der Waals surface area contributed by atoms with E-state index in [-0.39, 0.29) is 0 Å². The van der Waals surface area contributed by atoms with Crippen molar-refractivity contribution >= 4 is 44.8 Å². The van der Waals surface area contributed by atoms with Crippen molar-refractivity contribution in [1.29, 1.82) is 0 Å². The van der Waals surface area contributed by atoms with Gasteiger partial charge in [-0.05, 0) is 36.8 Å². The molecule has 1 N–H and O–H groups in total. The third kappa shape index (κ3) is 4.53. The van der Waals surface area contributed by atoms with Crippen LogP contribution in [0, 0.1) is 0 Å². The molecule has 2 aromatic carbocycles. The van der Waals surface area contributed by atoms with E-state index in [1.165, 1.54) is 0 Å². The van der Waals surface area contributed by atoms with Gasteiger partial charge < -0.3 is 10.1 Å². The molecular formula is C16H16BrCl2NO. The van der Waals surface area contributed by atoms with Crippen molar-refractivity contribution in [2.24, 2.45) is 0 Å². The molecule has 0 heterocycles. The zero-order valence-corrected chi connectivity index (χ0v) is 14.7. The van der Waals surface area contributed by atoms with Crippen LogP contribution in [0.4, 0.5) is 5.69 Å². The molecule has 0 aliphatic rings. The van der Waals surface area contributed by atoms with Crippen LogP contribution in [0.3, 0.4) is 0 Å². The normalized spacial score (nSPS) is 10.5. The molecule has 2 aromatic rings. The van der Waals surface area contributed by atoms with Gasteiger partial charge in [0.05, 0.1) is 22.3 Å². The molecule has 21 heavy (non-hydrogen) atoms. The summed E-state index contributed by atoms with van der Waals surface area (Å²) in [6, 6.07) is 11.5. The van der Waals surface area contributed by atoms with Crippen LogP contribution in [0.5, 0.6) is 5.75 Å². The lowest BCUT2D eigenvalue weighted by Gasteiger charge is -2.14. The van der Waals surface area contributed by atoms with E-state index < -0.39 is 0 Å². The third-order valence-electron chi connectivity index (χ3n) is 2.91. The highest BCUT2D eigenvalue weighted by Gasteiger charge is 2.07. The summed E-state index contributed by atoms with van der Waals surface area (Å²) in [5, 5.41) is 4.37. The van der Waals surface area contributed by atoms with Crippen LogP contribution in [0.15, 0.2) is 40.9 Å². The number of hydrogen-bond acceptors (Lipinski definition) is 2. The minimum absolute atomic E-state index is 0.533. The fraction of sp³-hybridized carbons (Fsp3) is 0.250. The Kier molecular flexibility index (Phi) is 6.22. The highest BCUT2D eigenvalue weighted by atomic mass is 79.9. The van der Waals surface area contributed by atoms with Crippen molar-refractivity contribution < 1.29 is 4.74 Å². The smallest absolute Gasteiger partial charge is 0.124 e. The first-order valence-corrected chi connectivity index (χ1v) is 8.25. The van der Waals surface area contributed by atoms with Gasteiger partial charge in [0.15, 0.2) is 0 Å². The maximum absolute atomic E-state index is 6.18. The average molecular weight is 389 g/mol. The molecular weight excluding hydrogens is 373 g/mol. The maximum Gasteiger partial charge on any atom is 0.124 e. The van der Waals surface area contributed by atoms with E-state index in [1.807, 2.05) is 30.3 Å². The lowest BCUT2D eigenvalue weighted by atomic mass is 10.2. The summed E-state index contributed by atoms with van der Waals surface area (Å²) in [6.45, 7) is 3.40. The number of benzene rings is 2. The Morgan fingerprint density at radius 3 is 2.76 bits per heavy atom. The van der Waals surface area contributed by atoms with Gasteiger partial charge in [0.25, 0.3) is 0 Å². The molecule has 2 rings (SSSR count). The SMILES string of the molecule is CCCOc1ccc(Br)cc1CNc1cccc(Cl)c1Cl. The van der Waals surface area contributed by atoms with E-state index in [9.17, 15) is 0 Å². The summed E-state index contributed by atoms with van der Waals surface area (Å²) >= 11 is 15.7. The molecule has 0 bridgehead atoms. The van der Waals surface area contributed by atoms with Gasteiger partial charge in [0.1, 0.15) is 5.75 Å². The highest BCUT2D eigenvalue weighted by molar-refractivity contribution is 9.10. The lowest BCUT2D eigenvalue weighted by molar-refractivity contribution is 0.314. The maximum atomic E-state index is 6.18. The van der Waals surface area contributed by atoms with E-state index >= 15 is 0 Å². The van der Waals surface area contributed by atoms with Crippen molar-refractivity contribution in [2.45, 2.75) is 19.9 Å². The van der Waals surface area contributed by atoms with Gasteiger partial charge in [-0.25, -0.2) is 0 Å². The third-order valence-corrected chi connectivity index (χ3v) is 4.22. The van der Waals surface area contributed by atoms with Crippen LogP contribution >= 0.6 is 39.1 Å². The van der Waals surface area contributed by atoms with E-state index in [0.29, 0.717) is 23.2 Å². The van der Waals surface area contributed by atoms with E-state index in [4.69, 9.17) is 27.9 Å². The lowest BCUT2D eigenvalue weighted by Crippen LogP contribution is -2.04. The van der Waals surface area contributed by atoms with Crippen LogP contribution in [-0.4, -0.2) is 6.61 Å². The Morgan fingerprint density at radius 1 is 1.19 bits per heavy atom. The molecule has 0 fully saturated rings. The molecule has 0 aromatic heterocycles. The van der Waals surface area contributed by atoms with Crippen LogP contribution < -0.4 is 10.1 Å². The quantitative estimate of drug-likeness (QED) is 0.639. The highest BCUT2D eigenvalue weighted by Crippen LogP contribution is 2.31. The summed E-state index contributed by atoms with van der Waals surface area (Å²) in [4.78, 5) is 0. The van der Waals surface area contributed by atoms with Gasteiger partial charge in [-0.2, -0.15) is 0 Å². The predicted molar refractivity (Wildman–Crippen MR) is 93.7 cm³/mol. The molecule has 2 nitrogen and oxygen atoms in total. The molecule has 5 heteroatoms. The minimum atomic E-state index is 0.533. The van der Waals surface area contributed by atoms with E-state index in [1.54, 1.807) is 6.07 Å². The van der Waals surface area contributed by atoms with Gasteiger partial charge in [-0.15, -0.1) is 0 Å². The monoisotopic (exact) mass is 387 g/mol. The van der Waals surface area contributed by atoms with E-state index in [2.05, 4.69) is 28.2 Å². The fourth-order valence-corrected chi connectivity index (χ4v) is 2.65. The summed E-state index contributed by atoms with van der Waals surface area (Å²) in [6.07, 6.45) is 0.975. The molecule has 0 amide bonds. The molecule has 0 aliphatic carbocycles. The Morgan fingerprint density at radius 2 is 2.00 bits per heavy atom. The zero-order valence-electron chi connectivity index (χ0n) is 11.6. The van der Waals surface area contributed by atoms with Crippen LogP contribution in [0.1, 0.15) is 18.9 Å². The first kappa shape index (κ1) is 16.5. The van der Waals surface area contributed by atoms with Crippen molar-refractivity contribution in [2.75, 3.05) is 11.9 Å². The van der Waals surface area contributed by atoms with Crippen molar-refractivity contribution in [3.05, 3.63) is 56.5 Å². The predicted octanol–water partition coefficient (Wildman–Crippen LogP) is 6.16. The molecule has 0 unspecified atom stereocenters. The van der Waals surface area contributed by atoms with Gasteiger partial charge in [0.2, 0.25) is 0 Å². The minimum Gasteiger partial charge on any atom is -0.493 e. The number of rotatable bonds is 6. The molecule has 0 aliphatic heterocycles. The molecule has 0 atom stereocenters. The van der Waals surface area contributed by atoms with Crippen molar-refractivity contribution in [3.63, 3.8) is 0 Å². The second-order valence-electron chi connectivity index (χ2n) is 4.56. The Labute approximate surface area is 143 Å². The molecule has 0 radical (unpaired) electrons. The Balaban J connectivity index is 2.15. The largest absolute Gasteiger partial charge is 0.493 e. The van der Waals surface area contributed by atoms with Gasteiger partial charge in [-0.1, -0.05) is 52.1 Å².